The first-order chi connectivity index (χ1) is 15.4. The predicted octanol–water partition coefficient (Wildman–Crippen LogP) is 1.96. The molecule has 1 saturated heterocycles. The number of methoxy groups -OCH3 is 2. The van der Waals surface area contributed by atoms with Crippen LogP contribution in [0.1, 0.15) is 5.56 Å². The Morgan fingerprint density at radius 3 is 2.53 bits per heavy atom. The number of fused-ring (bicyclic) bond motifs is 1. The smallest absolute Gasteiger partial charge is 0.325 e. The SMILES string of the molecule is COc1ccc(OC)c(NC(=O)C2=CN(C)C3C(=O)N(Cc4ccccc4)C(=O)NC23)c1. The summed E-state index contributed by atoms with van der Waals surface area (Å²) in [5.74, 6) is 0.207. The zero-order valence-electron chi connectivity index (χ0n) is 18.0. The fraction of sp³-hybridized carbons (Fsp3) is 0.261. The zero-order chi connectivity index (χ0) is 22.8. The van der Waals surface area contributed by atoms with Gasteiger partial charge in [0, 0.05) is 19.3 Å². The third kappa shape index (κ3) is 3.84. The van der Waals surface area contributed by atoms with E-state index >= 15 is 0 Å². The molecule has 2 atom stereocenters. The van der Waals surface area contributed by atoms with Crippen LogP contribution < -0.4 is 20.1 Å². The summed E-state index contributed by atoms with van der Waals surface area (Å²) in [6, 6.07) is 12.3. The molecule has 0 aliphatic carbocycles. The van der Waals surface area contributed by atoms with E-state index in [0.29, 0.717) is 17.2 Å². The number of carbonyl (C=O) groups excluding carboxylic acids is 3. The van der Waals surface area contributed by atoms with Gasteiger partial charge in [0.25, 0.3) is 11.8 Å². The second-order valence-corrected chi connectivity index (χ2v) is 7.55. The molecule has 0 bridgehead atoms. The minimum Gasteiger partial charge on any atom is -0.497 e. The van der Waals surface area contributed by atoms with Crippen LogP contribution in [0, 0.1) is 0 Å². The van der Waals surface area contributed by atoms with Crippen LogP contribution in [-0.2, 0) is 16.1 Å². The van der Waals surface area contributed by atoms with E-state index in [-0.39, 0.29) is 18.0 Å². The predicted molar refractivity (Wildman–Crippen MR) is 117 cm³/mol. The molecule has 2 aromatic rings. The number of anilines is 1. The molecule has 0 spiro atoms. The van der Waals surface area contributed by atoms with Crippen molar-refractivity contribution in [3.8, 4) is 11.5 Å². The number of amides is 4. The monoisotopic (exact) mass is 436 g/mol. The lowest BCUT2D eigenvalue weighted by atomic mass is 9.99. The Bertz CT molecular complexity index is 1090. The summed E-state index contributed by atoms with van der Waals surface area (Å²) in [5.41, 5.74) is 1.54. The molecule has 166 valence electrons. The largest absolute Gasteiger partial charge is 0.497 e. The molecular weight excluding hydrogens is 412 g/mol. The first kappa shape index (κ1) is 21.2. The number of carbonyl (C=O) groups is 3. The number of urea groups is 1. The number of imide groups is 1. The van der Waals surface area contributed by atoms with Gasteiger partial charge in [0.05, 0.1) is 38.1 Å². The lowest BCUT2D eigenvalue weighted by Crippen LogP contribution is -2.64. The van der Waals surface area contributed by atoms with Gasteiger partial charge >= 0.3 is 6.03 Å². The summed E-state index contributed by atoms with van der Waals surface area (Å²) in [6.07, 6.45) is 1.58. The van der Waals surface area contributed by atoms with Gasteiger partial charge in [-0.1, -0.05) is 30.3 Å². The van der Waals surface area contributed by atoms with E-state index in [1.54, 1.807) is 36.3 Å². The summed E-state index contributed by atoms with van der Waals surface area (Å²) < 4.78 is 10.5. The molecule has 0 radical (unpaired) electrons. The van der Waals surface area contributed by atoms with Crippen molar-refractivity contribution in [2.75, 3.05) is 26.6 Å². The maximum absolute atomic E-state index is 13.2. The minimum atomic E-state index is -0.761. The van der Waals surface area contributed by atoms with Gasteiger partial charge < -0.3 is 25.0 Å². The summed E-state index contributed by atoms with van der Waals surface area (Å²) >= 11 is 0. The molecule has 0 aromatic heterocycles. The molecule has 0 saturated carbocycles. The molecule has 9 heteroatoms. The number of rotatable bonds is 6. The topological polar surface area (TPSA) is 100 Å². The quantitative estimate of drug-likeness (QED) is 0.718. The van der Waals surface area contributed by atoms with Crippen LogP contribution in [0.15, 0.2) is 60.3 Å². The van der Waals surface area contributed by atoms with Crippen molar-refractivity contribution in [2.24, 2.45) is 0 Å². The van der Waals surface area contributed by atoms with Gasteiger partial charge in [-0.25, -0.2) is 4.79 Å². The van der Waals surface area contributed by atoms with Crippen LogP contribution in [0.3, 0.4) is 0 Å². The van der Waals surface area contributed by atoms with Crippen molar-refractivity contribution in [1.82, 2.24) is 15.1 Å². The Kier molecular flexibility index (Phi) is 5.72. The van der Waals surface area contributed by atoms with Crippen molar-refractivity contribution in [3.63, 3.8) is 0 Å². The van der Waals surface area contributed by atoms with Gasteiger partial charge in [-0.15, -0.1) is 0 Å². The Morgan fingerprint density at radius 1 is 1.09 bits per heavy atom. The standard InChI is InChI=1S/C23H24N4O5/c1-26-13-16(21(28)24-17-11-15(31-2)9-10-18(17)32-3)19-20(26)22(29)27(23(30)25-19)12-14-7-5-4-6-8-14/h4-11,13,19-20H,12H2,1-3H3,(H,24,28)(H,25,30). The van der Waals surface area contributed by atoms with Crippen molar-refractivity contribution in [3.05, 3.63) is 65.9 Å². The van der Waals surface area contributed by atoms with Crippen LogP contribution in [0.5, 0.6) is 11.5 Å². The van der Waals surface area contributed by atoms with E-state index in [0.717, 1.165) is 5.56 Å². The minimum absolute atomic E-state index is 0.158. The molecule has 2 heterocycles. The van der Waals surface area contributed by atoms with Crippen molar-refractivity contribution in [1.29, 1.82) is 0 Å². The summed E-state index contributed by atoms with van der Waals surface area (Å²) in [5, 5.41) is 5.61. The number of likely N-dealkylation sites (N-methyl/N-ethyl adjacent to an activating group) is 1. The molecule has 2 unspecified atom stereocenters. The Morgan fingerprint density at radius 2 is 1.84 bits per heavy atom. The van der Waals surface area contributed by atoms with E-state index in [2.05, 4.69) is 10.6 Å². The fourth-order valence-electron chi connectivity index (χ4n) is 3.95. The highest BCUT2D eigenvalue weighted by atomic mass is 16.5. The second-order valence-electron chi connectivity index (χ2n) is 7.55. The van der Waals surface area contributed by atoms with Gasteiger partial charge in [-0.05, 0) is 17.7 Å². The maximum Gasteiger partial charge on any atom is 0.325 e. The highest BCUT2D eigenvalue weighted by Crippen LogP contribution is 2.32. The van der Waals surface area contributed by atoms with E-state index in [9.17, 15) is 14.4 Å². The second kappa shape index (κ2) is 8.62. The van der Waals surface area contributed by atoms with Gasteiger partial charge in [0.15, 0.2) is 0 Å². The maximum atomic E-state index is 13.2. The number of nitrogens with one attached hydrogen (secondary N) is 2. The van der Waals surface area contributed by atoms with Gasteiger partial charge in [0.2, 0.25) is 0 Å². The molecular formula is C23H24N4O5. The molecule has 1 fully saturated rings. The summed E-state index contributed by atoms with van der Waals surface area (Å²) in [4.78, 5) is 41.8. The summed E-state index contributed by atoms with van der Waals surface area (Å²) in [7, 11) is 4.73. The molecule has 4 rings (SSSR count). The normalized spacial score (nSPS) is 19.8. The molecule has 9 nitrogen and oxygen atoms in total. The fourth-order valence-corrected chi connectivity index (χ4v) is 3.95. The number of hydrogen-bond donors (Lipinski definition) is 2. The Hall–Kier alpha value is -4.01. The highest BCUT2D eigenvalue weighted by molar-refractivity contribution is 6.10. The number of ether oxygens (including phenoxy) is 2. The van der Waals surface area contributed by atoms with Gasteiger partial charge in [-0.2, -0.15) is 0 Å². The van der Waals surface area contributed by atoms with Crippen molar-refractivity contribution >= 4 is 23.5 Å². The molecule has 2 aliphatic rings. The third-order valence-corrected chi connectivity index (χ3v) is 5.58. The van der Waals surface area contributed by atoms with Gasteiger partial charge in [-0.3, -0.25) is 14.5 Å². The Balaban J connectivity index is 1.54. The molecule has 2 aliphatic heterocycles. The van der Waals surface area contributed by atoms with Crippen LogP contribution >= 0.6 is 0 Å². The number of nitrogens with zero attached hydrogens (tertiary/aromatic N) is 2. The van der Waals surface area contributed by atoms with E-state index < -0.39 is 24.0 Å². The average Bonchev–Trinajstić information content (AvgIpc) is 3.13. The van der Waals surface area contributed by atoms with E-state index in [1.165, 1.54) is 19.1 Å². The van der Waals surface area contributed by atoms with Crippen LogP contribution in [-0.4, -0.2) is 61.0 Å². The molecule has 2 aromatic carbocycles. The average molecular weight is 436 g/mol. The van der Waals surface area contributed by atoms with Crippen LogP contribution in [0.25, 0.3) is 0 Å². The molecule has 32 heavy (non-hydrogen) atoms. The first-order valence-electron chi connectivity index (χ1n) is 10.1. The third-order valence-electron chi connectivity index (χ3n) is 5.58. The zero-order valence-corrected chi connectivity index (χ0v) is 18.0. The molecule has 2 N–H and O–H groups in total. The lowest BCUT2D eigenvalue weighted by Gasteiger charge is -2.37. The van der Waals surface area contributed by atoms with E-state index in [1.807, 2.05) is 30.3 Å². The first-order valence-corrected chi connectivity index (χ1v) is 10.1. The van der Waals surface area contributed by atoms with Gasteiger partial charge in [0.1, 0.15) is 17.5 Å². The number of hydrogen-bond acceptors (Lipinski definition) is 6. The lowest BCUT2D eigenvalue weighted by molar-refractivity contribution is -0.134. The van der Waals surface area contributed by atoms with Crippen molar-refractivity contribution in [2.45, 2.75) is 18.6 Å². The van der Waals surface area contributed by atoms with Crippen LogP contribution in [0.4, 0.5) is 10.5 Å². The highest BCUT2D eigenvalue weighted by Gasteiger charge is 2.49. The van der Waals surface area contributed by atoms with Crippen molar-refractivity contribution < 1.29 is 23.9 Å². The molecule has 4 amide bonds. The Labute approximate surface area is 185 Å². The van der Waals surface area contributed by atoms with Crippen LogP contribution in [0.2, 0.25) is 0 Å². The van der Waals surface area contributed by atoms with E-state index in [4.69, 9.17) is 9.47 Å². The summed E-state index contributed by atoms with van der Waals surface area (Å²) in [6.45, 7) is 0.158. The number of benzene rings is 2.